The van der Waals surface area contributed by atoms with Gasteiger partial charge in [0, 0.05) is 13.7 Å². The molecule has 0 aliphatic rings. The minimum atomic E-state index is -0.989. The molecule has 2 amide bonds. The van der Waals surface area contributed by atoms with Crippen molar-refractivity contribution < 1.29 is 19.4 Å². The molecule has 0 heterocycles. The second-order valence-electron chi connectivity index (χ2n) is 4.57. The molecule has 19 heavy (non-hydrogen) atoms. The Morgan fingerprint density at radius 2 is 2.00 bits per heavy atom. The van der Waals surface area contributed by atoms with Gasteiger partial charge in [-0.3, -0.25) is 0 Å². The third kappa shape index (κ3) is 6.42. The summed E-state index contributed by atoms with van der Waals surface area (Å²) in [5, 5.41) is 11.7. The fraction of sp³-hybridized carbons (Fsp3) is 0.846. The molecular formula is C13H26N2O4. The van der Waals surface area contributed by atoms with Crippen LogP contribution in [-0.2, 0) is 9.53 Å². The number of rotatable bonds is 9. The molecule has 0 rings (SSSR count). The molecule has 0 aromatic carbocycles. The number of methoxy groups -OCH3 is 1. The van der Waals surface area contributed by atoms with Gasteiger partial charge in [0.15, 0.2) is 0 Å². The first-order chi connectivity index (χ1) is 8.97. The van der Waals surface area contributed by atoms with Crippen LogP contribution in [-0.4, -0.2) is 54.4 Å². The zero-order chi connectivity index (χ0) is 14.8. The molecule has 0 spiro atoms. The second-order valence-corrected chi connectivity index (χ2v) is 4.57. The predicted molar refractivity (Wildman–Crippen MR) is 73.2 cm³/mol. The number of hydrogen-bond donors (Lipinski definition) is 2. The standard InChI is InChI=1S/C13H26N2O4/c1-5-7-8-11(12(16)17)14-13(18)15(6-2)10(3)9-19-4/h10-11H,5-9H2,1-4H3,(H,14,18)(H,16,17)/t10?,11-/m0/s1. The van der Waals surface area contributed by atoms with E-state index in [1.54, 1.807) is 12.0 Å². The van der Waals surface area contributed by atoms with Crippen molar-refractivity contribution in [2.75, 3.05) is 20.3 Å². The molecule has 2 atom stereocenters. The van der Waals surface area contributed by atoms with Crippen LogP contribution in [0.15, 0.2) is 0 Å². The van der Waals surface area contributed by atoms with Gasteiger partial charge in [0.25, 0.3) is 0 Å². The Morgan fingerprint density at radius 1 is 1.37 bits per heavy atom. The van der Waals surface area contributed by atoms with Crippen LogP contribution in [0.1, 0.15) is 40.0 Å². The molecule has 0 fully saturated rings. The van der Waals surface area contributed by atoms with Crippen LogP contribution in [0.3, 0.4) is 0 Å². The lowest BCUT2D eigenvalue weighted by atomic mass is 10.1. The largest absolute Gasteiger partial charge is 0.480 e. The van der Waals surface area contributed by atoms with Gasteiger partial charge < -0.3 is 20.1 Å². The first-order valence-electron chi connectivity index (χ1n) is 6.76. The first kappa shape index (κ1) is 17.7. The van der Waals surface area contributed by atoms with Crippen LogP contribution < -0.4 is 5.32 Å². The third-order valence-electron chi connectivity index (χ3n) is 2.98. The van der Waals surface area contributed by atoms with Crippen molar-refractivity contribution in [1.82, 2.24) is 10.2 Å². The third-order valence-corrected chi connectivity index (χ3v) is 2.98. The highest BCUT2D eigenvalue weighted by Gasteiger charge is 2.24. The van der Waals surface area contributed by atoms with Gasteiger partial charge in [-0.15, -0.1) is 0 Å². The number of carboxylic acid groups (broad SMARTS) is 1. The Morgan fingerprint density at radius 3 is 2.42 bits per heavy atom. The topological polar surface area (TPSA) is 78.9 Å². The summed E-state index contributed by atoms with van der Waals surface area (Å²) in [5.74, 6) is -0.989. The highest BCUT2D eigenvalue weighted by molar-refractivity contribution is 5.82. The van der Waals surface area contributed by atoms with Gasteiger partial charge in [-0.25, -0.2) is 9.59 Å². The van der Waals surface area contributed by atoms with Crippen LogP contribution in [0, 0.1) is 0 Å². The van der Waals surface area contributed by atoms with E-state index in [4.69, 9.17) is 9.84 Å². The van der Waals surface area contributed by atoms with Crippen LogP contribution in [0.2, 0.25) is 0 Å². The first-order valence-corrected chi connectivity index (χ1v) is 6.76. The van der Waals surface area contributed by atoms with E-state index in [-0.39, 0.29) is 12.1 Å². The van der Waals surface area contributed by atoms with Crippen molar-refractivity contribution in [3.05, 3.63) is 0 Å². The number of hydrogen-bond acceptors (Lipinski definition) is 3. The lowest BCUT2D eigenvalue weighted by Crippen LogP contribution is -2.51. The van der Waals surface area contributed by atoms with Crippen LogP contribution in [0.4, 0.5) is 4.79 Å². The maximum Gasteiger partial charge on any atom is 0.326 e. The molecule has 0 radical (unpaired) electrons. The summed E-state index contributed by atoms with van der Waals surface area (Å²) in [4.78, 5) is 24.7. The molecule has 2 N–H and O–H groups in total. The highest BCUT2D eigenvalue weighted by atomic mass is 16.5. The van der Waals surface area contributed by atoms with Gasteiger partial charge in [0.05, 0.1) is 12.6 Å². The number of carboxylic acids is 1. The molecular weight excluding hydrogens is 248 g/mol. The molecule has 0 aromatic heterocycles. The molecule has 0 saturated heterocycles. The Hall–Kier alpha value is -1.30. The molecule has 0 aliphatic carbocycles. The normalized spacial score (nSPS) is 13.7. The summed E-state index contributed by atoms with van der Waals surface area (Å²) in [7, 11) is 1.57. The molecule has 0 bridgehead atoms. The Balaban J connectivity index is 4.54. The van der Waals surface area contributed by atoms with Crippen molar-refractivity contribution in [3.63, 3.8) is 0 Å². The molecule has 0 saturated carbocycles. The van der Waals surface area contributed by atoms with Gasteiger partial charge >= 0.3 is 12.0 Å². The average molecular weight is 274 g/mol. The zero-order valence-corrected chi connectivity index (χ0v) is 12.3. The van der Waals surface area contributed by atoms with E-state index < -0.39 is 12.0 Å². The van der Waals surface area contributed by atoms with Crippen molar-refractivity contribution in [2.24, 2.45) is 0 Å². The van der Waals surface area contributed by atoms with Crippen molar-refractivity contribution in [3.8, 4) is 0 Å². The number of amides is 2. The fourth-order valence-corrected chi connectivity index (χ4v) is 1.88. The quantitative estimate of drug-likeness (QED) is 0.670. The smallest absolute Gasteiger partial charge is 0.326 e. The minimum Gasteiger partial charge on any atom is -0.480 e. The lowest BCUT2D eigenvalue weighted by Gasteiger charge is -2.29. The number of nitrogens with one attached hydrogen (secondary N) is 1. The van der Waals surface area contributed by atoms with Crippen molar-refractivity contribution in [2.45, 2.75) is 52.1 Å². The van der Waals surface area contributed by atoms with Gasteiger partial charge in [0.2, 0.25) is 0 Å². The van der Waals surface area contributed by atoms with Crippen molar-refractivity contribution >= 4 is 12.0 Å². The number of likely N-dealkylation sites (N-methyl/N-ethyl adjacent to an activating group) is 1. The molecule has 112 valence electrons. The summed E-state index contributed by atoms with van der Waals surface area (Å²) in [6, 6.07) is -1.26. The molecule has 6 nitrogen and oxygen atoms in total. The Kier molecular flexibility index (Phi) is 8.95. The number of unbranched alkanes of at least 4 members (excludes halogenated alkanes) is 1. The summed E-state index contributed by atoms with van der Waals surface area (Å²) in [6.07, 6.45) is 2.13. The Bertz CT molecular complexity index is 284. The zero-order valence-electron chi connectivity index (χ0n) is 12.3. The highest BCUT2D eigenvalue weighted by Crippen LogP contribution is 2.05. The number of urea groups is 1. The molecule has 0 aliphatic heterocycles. The van der Waals surface area contributed by atoms with Crippen LogP contribution in [0.25, 0.3) is 0 Å². The van der Waals surface area contributed by atoms with E-state index >= 15 is 0 Å². The van der Waals surface area contributed by atoms with Gasteiger partial charge in [-0.05, 0) is 20.3 Å². The molecule has 0 aromatic rings. The van der Waals surface area contributed by atoms with E-state index in [0.717, 1.165) is 12.8 Å². The SMILES string of the molecule is CCCC[C@H](NC(=O)N(CC)C(C)COC)C(=O)O. The average Bonchev–Trinajstić information content (AvgIpc) is 2.35. The maximum absolute atomic E-state index is 12.1. The monoisotopic (exact) mass is 274 g/mol. The fourth-order valence-electron chi connectivity index (χ4n) is 1.88. The van der Waals surface area contributed by atoms with E-state index in [0.29, 0.717) is 19.6 Å². The van der Waals surface area contributed by atoms with Crippen LogP contribution in [0.5, 0.6) is 0 Å². The van der Waals surface area contributed by atoms with E-state index in [1.807, 2.05) is 20.8 Å². The van der Waals surface area contributed by atoms with Gasteiger partial charge in [-0.2, -0.15) is 0 Å². The van der Waals surface area contributed by atoms with Gasteiger partial charge in [0.1, 0.15) is 6.04 Å². The summed E-state index contributed by atoms with van der Waals surface area (Å²) >= 11 is 0. The second kappa shape index (κ2) is 9.61. The summed E-state index contributed by atoms with van der Waals surface area (Å²) in [5.41, 5.74) is 0. The predicted octanol–water partition coefficient (Wildman–Crippen LogP) is 1.70. The van der Waals surface area contributed by atoms with Crippen molar-refractivity contribution in [1.29, 1.82) is 0 Å². The van der Waals surface area contributed by atoms with E-state index in [9.17, 15) is 9.59 Å². The summed E-state index contributed by atoms with van der Waals surface area (Å²) in [6.45, 7) is 6.64. The maximum atomic E-state index is 12.1. The van der Waals surface area contributed by atoms with E-state index in [2.05, 4.69) is 5.32 Å². The number of carbonyl (C=O) groups is 2. The molecule has 1 unspecified atom stereocenters. The van der Waals surface area contributed by atoms with E-state index in [1.165, 1.54) is 0 Å². The van der Waals surface area contributed by atoms with Gasteiger partial charge in [-0.1, -0.05) is 19.8 Å². The number of carbonyl (C=O) groups excluding carboxylic acids is 1. The number of nitrogens with zero attached hydrogens (tertiary/aromatic N) is 1. The molecule has 6 heteroatoms. The van der Waals surface area contributed by atoms with Crippen LogP contribution >= 0.6 is 0 Å². The number of ether oxygens (including phenoxy) is 1. The lowest BCUT2D eigenvalue weighted by molar-refractivity contribution is -0.139. The Labute approximate surface area is 115 Å². The number of aliphatic carboxylic acids is 1. The summed E-state index contributed by atoms with van der Waals surface area (Å²) < 4.78 is 5.02. The minimum absolute atomic E-state index is 0.0874.